The van der Waals surface area contributed by atoms with Crippen LogP contribution in [0.15, 0.2) is 61.2 Å². The Labute approximate surface area is 142 Å². The van der Waals surface area contributed by atoms with Crippen molar-refractivity contribution in [3.8, 4) is 11.4 Å². The van der Waals surface area contributed by atoms with Crippen molar-refractivity contribution in [3.63, 3.8) is 0 Å². The lowest BCUT2D eigenvalue weighted by atomic mass is 10.1. The molecule has 0 unspecified atom stereocenters. The summed E-state index contributed by atoms with van der Waals surface area (Å²) in [6.45, 7) is -2.87. The minimum Gasteiger partial charge on any atom is -0.435 e. The molecule has 0 bridgehead atoms. The van der Waals surface area contributed by atoms with Crippen molar-refractivity contribution in [2.24, 2.45) is 0 Å². The molecule has 0 spiro atoms. The van der Waals surface area contributed by atoms with E-state index in [-0.39, 0.29) is 18.1 Å². The first-order valence-electron chi connectivity index (χ1n) is 7.39. The van der Waals surface area contributed by atoms with E-state index in [0.717, 1.165) is 5.69 Å². The third kappa shape index (κ3) is 4.60. The normalized spacial score (nSPS) is 10.7. The molecule has 25 heavy (non-hydrogen) atoms. The number of alkyl halides is 2. The van der Waals surface area contributed by atoms with Crippen molar-refractivity contribution in [1.29, 1.82) is 0 Å². The molecule has 0 atom stereocenters. The average molecular weight is 344 g/mol. The second kappa shape index (κ2) is 7.52. The van der Waals surface area contributed by atoms with Crippen molar-refractivity contribution in [1.82, 2.24) is 14.8 Å². The molecule has 128 valence electrons. The average Bonchev–Trinajstić information content (AvgIpc) is 3.11. The highest BCUT2D eigenvalue weighted by atomic mass is 19.3. The van der Waals surface area contributed by atoms with E-state index in [4.69, 9.17) is 0 Å². The molecule has 0 aliphatic heterocycles. The first-order valence-corrected chi connectivity index (χ1v) is 7.39. The summed E-state index contributed by atoms with van der Waals surface area (Å²) in [5.74, 6) is -0.154. The lowest BCUT2D eigenvalue weighted by molar-refractivity contribution is -0.115. The largest absolute Gasteiger partial charge is 0.435 e. The van der Waals surface area contributed by atoms with E-state index in [0.29, 0.717) is 11.3 Å². The van der Waals surface area contributed by atoms with Gasteiger partial charge in [-0.05, 0) is 42.0 Å². The van der Waals surface area contributed by atoms with Gasteiger partial charge >= 0.3 is 6.61 Å². The smallest absolute Gasteiger partial charge is 0.387 e. The lowest BCUT2D eigenvalue weighted by Crippen LogP contribution is -2.14. The molecule has 0 saturated heterocycles. The highest BCUT2D eigenvalue weighted by molar-refractivity contribution is 5.92. The third-order valence-electron chi connectivity index (χ3n) is 3.35. The number of carbonyl (C=O) groups excluding carboxylic acids is 1. The van der Waals surface area contributed by atoms with Gasteiger partial charge in [0.2, 0.25) is 5.91 Å². The number of hydrogen-bond donors (Lipinski definition) is 1. The lowest BCUT2D eigenvalue weighted by Gasteiger charge is -2.08. The highest BCUT2D eigenvalue weighted by Crippen LogP contribution is 2.16. The number of anilines is 1. The zero-order valence-electron chi connectivity index (χ0n) is 13.0. The van der Waals surface area contributed by atoms with Gasteiger partial charge < -0.3 is 10.1 Å². The van der Waals surface area contributed by atoms with Gasteiger partial charge in [-0.2, -0.15) is 13.9 Å². The van der Waals surface area contributed by atoms with Crippen LogP contribution < -0.4 is 10.1 Å². The first kappa shape index (κ1) is 16.6. The SMILES string of the molecule is O=C(Cc1ccc(OC(F)F)cc1)Nc1ccc(-n2cncn2)cc1. The van der Waals surface area contributed by atoms with Crippen LogP contribution in [0.4, 0.5) is 14.5 Å². The molecule has 6 nitrogen and oxygen atoms in total. The van der Waals surface area contributed by atoms with Crippen molar-refractivity contribution in [2.75, 3.05) is 5.32 Å². The van der Waals surface area contributed by atoms with E-state index in [1.54, 1.807) is 47.4 Å². The minimum atomic E-state index is -2.87. The van der Waals surface area contributed by atoms with Crippen LogP contribution in [-0.2, 0) is 11.2 Å². The van der Waals surface area contributed by atoms with Crippen LogP contribution in [0.5, 0.6) is 5.75 Å². The van der Waals surface area contributed by atoms with Crippen molar-refractivity contribution in [2.45, 2.75) is 13.0 Å². The van der Waals surface area contributed by atoms with Crippen LogP contribution in [0.25, 0.3) is 5.69 Å². The zero-order chi connectivity index (χ0) is 17.6. The Hall–Kier alpha value is -3.29. The van der Waals surface area contributed by atoms with E-state index < -0.39 is 6.61 Å². The predicted octanol–water partition coefficient (Wildman–Crippen LogP) is 3.05. The summed E-state index contributed by atoms with van der Waals surface area (Å²) in [6, 6.07) is 13.1. The number of halogens is 2. The monoisotopic (exact) mass is 344 g/mol. The fourth-order valence-corrected chi connectivity index (χ4v) is 2.22. The molecule has 0 fully saturated rings. The van der Waals surface area contributed by atoms with E-state index >= 15 is 0 Å². The van der Waals surface area contributed by atoms with Crippen LogP contribution in [0.2, 0.25) is 0 Å². The second-order valence-electron chi connectivity index (χ2n) is 5.13. The van der Waals surface area contributed by atoms with Gasteiger partial charge in [0, 0.05) is 5.69 Å². The van der Waals surface area contributed by atoms with Gasteiger partial charge in [0.15, 0.2) is 0 Å². The predicted molar refractivity (Wildman–Crippen MR) is 86.8 cm³/mol. The Kier molecular flexibility index (Phi) is 4.98. The van der Waals surface area contributed by atoms with Crippen LogP contribution in [0.3, 0.4) is 0 Å². The van der Waals surface area contributed by atoms with Crippen LogP contribution >= 0.6 is 0 Å². The standard InChI is InChI=1S/C17H14F2N4O2/c18-17(19)25-15-7-1-12(2-8-15)9-16(24)22-13-3-5-14(6-4-13)23-11-20-10-21-23/h1-8,10-11,17H,9H2,(H,22,24). The third-order valence-corrected chi connectivity index (χ3v) is 3.35. The number of nitrogens with one attached hydrogen (secondary N) is 1. The molecule has 0 saturated carbocycles. The summed E-state index contributed by atoms with van der Waals surface area (Å²) in [5.41, 5.74) is 2.16. The van der Waals surface area contributed by atoms with Gasteiger partial charge in [0.25, 0.3) is 0 Å². The number of ether oxygens (including phenoxy) is 1. The van der Waals surface area contributed by atoms with Gasteiger partial charge in [-0.25, -0.2) is 9.67 Å². The number of benzene rings is 2. The van der Waals surface area contributed by atoms with Gasteiger partial charge in [-0.3, -0.25) is 4.79 Å². The number of amides is 1. The van der Waals surface area contributed by atoms with Crippen LogP contribution in [0, 0.1) is 0 Å². The summed E-state index contributed by atoms with van der Waals surface area (Å²) in [4.78, 5) is 15.9. The van der Waals surface area contributed by atoms with E-state index in [2.05, 4.69) is 20.1 Å². The summed E-state index contributed by atoms with van der Waals surface area (Å²) in [5, 5.41) is 6.79. The van der Waals surface area contributed by atoms with Crippen molar-refractivity contribution < 1.29 is 18.3 Å². The van der Waals surface area contributed by atoms with Gasteiger partial charge in [-0.1, -0.05) is 12.1 Å². The highest BCUT2D eigenvalue weighted by Gasteiger charge is 2.07. The van der Waals surface area contributed by atoms with Crippen LogP contribution in [0.1, 0.15) is 5.56 Å². The zero-order valence-corrected chi connectivity index (χ0v) is 13.0. The second-order valence-corrected chi connectivity index (χ2v) is 5.13. The van der Waals surface area contributed by atoms with E-state index in [1.165, 1.54) is 18.5 Å². The molecule has 1 N–H and O–H groups in total. The molecule has 1 heterocycles. The number of carbonyl (C=O) groups is 1. The molecule has 0 radical (unpaired) electrons. The molecular weight excluding hydrogens is 330 g/mol. The maximum Gasteiger partial charge on any atom is 0.387 e. The fourth-order valence-electron chi connectivity index (χ4n) is 2.22. The number of hydrogen-bond acceptors (Lipinski definition) is 4. The van der Waals surface area contributed by atoms with Crippen molar-refractivity contribution in [3.05, 3.63) is 66.7 Å². The fraction of sp³-hybridized carbons (Fsp3) is 0.118. The molecule has 8 heteroatoms. The van der Waals surface area contributed by atoms with Crippen LogP contribution in [-0.4, -0.2) is 27.3 Å². The summed E-state index contributed by atoms with van der Waals surface area (Å²) in [6.07, 6.45) is 3.14. The topological polar surface area (TPSA) is 69.0 Å². The Balaban J connectivity index is 1.57. The number of aromatic nitrogens is 3. The Morgan fingerprint density at radius 3 is 2.44 bits per heavy atom. The van der Waals surface area contributed by atoms with Gasteiger partial charge in [-0.15, -0.1) is 0 Å². The summed E-state index contributed by atoms with van der Waals surface area (Å²) in [7, 11) is 0. The van der Waals surface area contributed by atoms with Gasteiger partial charge in [0.1, 0.15) is 18.4 Å². The molecule has 1 aromatic heterocycles. The first-order chi connectivity index (χ1) is 12.1. The summed E-state index contributed by atoms with van der Waals surface area (Å²) >= 11 is 0. The molecule has 0 aliphatic carbocycles. The quantitative estimate of drug-likeness (QED) is 0.746. The van der Waals surface area contributed by atoms with E-state index in [1.807, 2.05) is 0 Å². The number of nitrogens with zero attached hydrogens (tertiary/aromatic N) is 3. The minimum absolute atomic E-state index is 0.0582. The molecule has 3 aromatic rings. The Bertz CT molecular complexity index is 819. The maximum atomic E-state index is 12.1. The Morgan fingerprint density at radius 2 is 1.84 bits per heavy atom. The number of rotatable bonds is 6. The van der Waals surface area contributed by atoms with Crippen molar-refractivity contribution >= 4 is 11.6 Å². The summed E-state index contributed by atoms with van der Waals surface area (Å²) < 4.78 is 30.1. The van der Waals surface area contributed by atoms with E-state index in [9.17, 15) is 13.6 Å². The molecule has 1 amide bonds. The van der Waals surface area contributed by atoms with Gasteiger partial charge in [0.05, 0.1) is 12.1 Å². The molecule has 0 aliphatic rings. The maximum absolute atomic E-state index is 12.1. The molecule has 3 rings (SSSR count). The molecule has 2 aromatic carbocycles. The molecular formula is C17H14F2N4O2. The Morgan fingerprint density at radius 1 is 1.12 bits per heavy atom.